The molecule has 6 heteroatoms. The van der Waals surface area contributed by atoms with E-state index in [2.05, 4.69) is 24.1 Å². The van der Waals surface area contributed by atoms with E-state index in [1.165, 1.54) is 6.08 Å². The fourth-order valence-electron chi connectivity index (χ4n) is 3.56. The summed E-state index contributed by atoms with van der Waals surface area (Å²) in [5.41, 5.74) is 1.77. The minimum atomic E-state index is -2.78. The number of piperazine rings is 1. The number of allylic oxidation sites excluding steroid dienone is 3. The van der Waals surface area contributed by atoms with Gasteiger partial charge in [0.25, 0.3) is 5.92 Å². The fourth-order valence-corrected chi connectivity index (χ4v) is 3.69. The second-order valence-corrected chi connectivity index (χ2v) is 7.28. The number of hydrogen-bond acceptors (Lipinski definition) is 2. The Bertz CT molecular complexity index is 643. The van der Waals surface area contributed by atoms with Crippen molar-refractivity contribution in [2.24, 2.45) is 0 Å². The van der Waals surface area contributed by atoms with Crippen molar-refractivity contribution in [1.29, 1.82) is 0 Å². The smallest absolute Gasteiger partial charge is 0.270 e. The number of nitrogens with zero attached hydrogens (tertiary/aromatic N) is 1. The van der Waals surface area contributed by atoms with Crippen molar-refractivity contribution in [1.82, 2.24) is 10.2 Å². The Hall–Kier alpha value is -0.940. The van der Waals surface area contributed by atoms with Crippen LogP contribution in [-0.4, -0.2) is 36.0 Å². The van der Waals surface area contributed by atoms with Crippen LogP contribution in [0.3, 0.4) is 0 Å². The molecule has 1 aromatic carbocycles. The zero-order chi connectivity index (χ0) is 17.3. The molecule has 1 saturated heterocycles. The Morgan fingerprint density at radius 1 is 1.24 bits per heavy atom. The molecule has 0 saturated carbocycles. The molecule has 0 aromatic heterocycles. The van der Waals surface area contributed by atoms with E-state index < -0.39 is 5.92 Å². The standard InChI is InChI=1S/C19H23ClF2N2.ClH/c1-13-12-24(14(2)11-23-13)18(15-5-7-17(20)8-6-15)16-4-3-9-19(21,22)10-16;/h3-9,13-14,18,23H,10-12H2,1-2H3;1H/t13-,14+,18?;/m0./s1. The molecule has 3 rings (SSSR count). The van der Waals surface area contributed by atoms with E-state index in [1.807, 2.05) is 30.3 Å². The van der Waals surface area contributed by atoms with E-state index in [9.17, 15) is 8.78 Å². The first-order valence-electron chi connectivity index (χ1n) is 8.36. The summed E-state index contributed by atoms with van der Waals surface area (Å²) in [5.74, 6) is -2.78. The second kappa shape index (κ2) is 8.17. The molecule has 1 aromatic rings. The molecule has 1 aliphatic heterocycles. The minimum absolute atomic E-state index is 0. The molecule has 1 fully saturated rings. The van der Waals surface area contributed by atoms with E-state index in [0.29, 0.717) is 11.1 Å². The lowest BCUT2D eigenvalue weighted by molar-refractivity contribution is 0.0430. The Morgan fingerprint density at radius 2 is 1.92 bits per heavy atom. The molecule has 2 nitrogen and oxygen atoms in total. The van der Waals surface area contributed by atoms with E-state index in [4.69, 9.17) is 11.6 Å². The summed E-state index contributed by atoms with van der Waals surface area (Å²) < 4.78 is 27.9. The molecule has 1 unspecified atom stereocenters. The molecule has 138 valence electrons. The van der Waals surface area contributed by atoms with Crippen molar-refractivity contribution in [2.75, 3.05) is 13.1 Å². The number of rotatable bonds is 3. The van der Waals surface area contributed by atoms with Gasteiger partial charge < -0.3 is 5.32 Å². The largest absolute Gasteiger partial charge is 0.311 e. The molecule has 0 bridgehead atoms. The molecular weight excluding hydrogens is 365 g/mol. The van der Waals surface area contributed by atoms with Gasteiger partial charge in [0, 0.05) is 36.6 Å². The maximum Gasteiger partial charge on any atom is 0.270 e. The highest BCUT2D eigenvalue weighted by atomic mass is 35.5. The lowest BCUT2D eigenvalue weighted by Crippen LogP contribution is -2.55. The molecule has 0 spiro atoms. The van der Waals surface area contributed by atoms with Crippen LogP contribution in [0.2, 0.25) is 5.02 Å². The number of halogens is 4. The average Bonchev–Trinajstić information content (AvgIpc) is 2.52. The lowest BCUT2D eigenvalue weighted by atomic mass is 9.88. The van der Waals surface area contributed by atoms with Crippen molar-refractivity contribution in [3.8, 4) is 0 Å². The first-order valence-corrected chi connectivity index (χ1v) is 8.74. The third kappa shape index (κ3) is 4.82. The fraction of sp³-hybridized carbons (Fsp3) is 0.474. The maximum atomic E-state index is 14.0. The highest BCUT2D eigenvalue weighted by Crippen LogP contribution is 2.40. The Morgan fingerprint density at radius 3 is 2.56 bits per heavy atom. The molecule has 0 amide bonds. The third-order valence-electron chi connectivity index (χ3n) is 4.77. The van der Waals surface area contributed by atoms with Crippen molar-refractivity contribution in [3.63, 3.8) is 0 Å². The Kier molecular flexibility index (Phi) is 6.66. The predicted molar refractivity (Wildman–Crippen MR) is 102 cm³/mol. The van der Waals surface area contributed by atoms with Crippen LogP contribution in [-0.2, 0) is 0 Å². The van der Waals surface area contributed by atoms with Crippen LogP contribution in [0, 0.1) is 0 Å². The zero-order valence-electron chi connectivity index (χ0n) is 14.4. The van der Waals surface area contributed by atoms with Gasteiger partial charge in [-0.25, -0.2) is 8.78 Å². The van der Waals surface area contributed by atoms with Crippen LogP contribution in [0.15, 0.2) is 48.1 Å². The van der Waals surface area contributed by atoms with E-state index in [1.54, 1.807) is 0 Å². The van der Waals surface area contributed by atoms with Gasteiger partial charge in [-0.2, -0.15) is 0 Å². The van der Waals surface area contributed by atoms with Crippen molar-refractivity contribution < 1.29 is 8.78 Å². The van der Waals surface area contributed by atoms with E-state index in [0.717, 1.165) is 30.3 Å². The van der Waals surface area contributed by atoms with Crippen LogP contribution in [0.1, 0.15) is 31.9 Å². The van der Waals surface area contributed by atoms with Crippen molar-refractivity contribution in [3.05, 3.63) is 58.7 Å². The summed E-state index contributed by atoms with van der Waals surface area (Å²) in [6.07, 6.45) is 4.08. The first kappa shape index (κ1) is 20.4. The molecule has 25 heavy (non-hydrogen) atoms. The summed E-state index contributed by atoms with van der Waals surface area (Å²) in [7, 11) is 0. The second-order valence-electron chi connectivity index (χ2n) is 6.85. The number of alkyl halides is 2. The summed E-state index contributed by atoms with van der Waals surface area (Å²) in [6.45, 7) is 5.94. The van der Waals surface area contributed by atoms with Gasteiger partial charge in [-0.3, -0.25) is 4.90 Å². The summed E-state index contributed by atoms with van der Waals surface area (Å²) in [6, 6.07) is 8.00. The maximum absolute atomic E-state index is 14.0. The van der Waals surface area contributed by atoms with Gasteiger partial charge in [0.1, 0.15) is 0 Å². The normalized spacial score (nSPS) is 27.3. The molecule has 1 aliphatic carbocycles. The van der Waals surface area contributed by atoms with Crippen LogP contribution in [0.4, 0.5) is 8.78 Å². The number of hydrogen-bond donors (Lipinski definition) is 1. The van der Waals surface area contributed by atoms with Gasteiger partial charge in [0.2, 0.25) is 0 Å². The summed E-state index contributed by atoms with van der Waals surface area (Å²) in [4.78, 5) is 2.32. The van der Waals surface area contributed by atoms with Crippen molar-refractivity contribution >= 4 is 24.0 Å². The van der Waals surface area contributed by atoms with Crippen LogP contribution in [0.5, 0.6) is 0 Å². The first-order chi connectivity index (χ1) is 11.4. The highest BCUT2D eigenvalue weighted by molar-refractivity contribution is 6.30. The van der Waals surface area contributed by atoms with Gasteiger partial charge in [0.15, 0.2) is 0 Å². The SMILES string of the molecule is C[C@@H]1CN[C@@H](C)CN1C(C1=CC=CC(F)(F)C1)c1ccc(Cl)cc1.Cl. The monoisotopic (exact) mass is 388 g/mol. The molecular formula is C19H24Cl2F2N2. The average molecular weight is 389 g/mol. The molecule has 3 atom stereocenters. The summed E-state index contributed by atoms with van der Waals surface area (Å²) >= 11 is 6.02. The van der Waals surface area contributed by atoms with Crippen molar-refractivity contribution in [2.45, 2.75) is 44.3 Å². The highest BCUT2D eigenvalue weighted by Gasteiger charge is 2.37. The molecule has 1 N–H and O–H groups in total. The van der Waals surface area contributed by atoms with Gasteiger partial charge in [-0.15, -0.1) is 12.4 Å². The zero-order valence-corrected chi connectivity index (χ0v) is 16.0. The Balaban J connectivity index is 0.00000225. The Labute approximate surface area is 159 Å². The van der Waals surface area contributed by atoms with Gasteiger partial charge in [-0.1, -0.05) is 35.9 Å². The summed E-state index contributed by atoms with van der Waals surface area (Å²) in [5, 5.41) is 4.11. The number of nitrogens with one attached hydrogen (secondary N) is 1. The van der Waals surface area contributed by atoms with Crippen LogP contribution < -0.4 is 5.32 Å². The quantitative estimate of drug-likeness (QED) is 0.782. The number of benzene rings is 1. The molecule has 1 heterocycles. The lowest BCUT2D eigenvalue weighted by Gasteiger charge is -2.44. The molecule has 2 aliphatic rings. The van der Waals surface area contributed by atoms with Crippen LogP contribution in [0.25, 0.3) is 0 Å². The van der Waals surface area contributed by atoms with Gasteiger partial charge in [0.05, 0.1) is 6.04 Å². The van der Waals surface area contributed by atoms with E-state index in [-0.39, 0.29) is 30.9 Å². The molecule has 0 radical (unpaired) electrons. The topological polar surface area (TPSA) is 15.3 Å². The van der Waals surface area contributed by atoms with Crippen LogP contribution >= 0.6 is 24.0 Å². The van der Waals surface area contributed by atoms with Gasteiger partial charge in [-0.05, 0) is 43.2 Å². The predicted octanol–water partition coefficient (Wildman–Crippen LogP) is 5.01. The minimum Gasteiger partial charge on any atom is -0.311 e. The third-order valence-corrected chi connectivity index (χ3v) is 5.02. The van der Waals surface area contributed by atoms with E-state index >= 15 is 0 Å². The van der Waals surface area contributed by atoms with Gasteiger partial charge >= 0.3 is 0 Å².